The smallest absolute Gasteiger partial charge is 0.251 e. The van der Waals surface area contributed by atoms with E-state index in [9.17, 15) is 4.79 Å². The number of nitriles is 1. The molecule has 3 heteroatoms. The van der Waals surface area contributed by atoms with Gasteiger partial charge in [-0.15, -0.1) is 0 Å². The van der Waals surface area contributed by atoms with Crippen LogP contribution < -0.4 is 5.32 Å². The summed E-state index contributed by atoms with van der Waals surface area (Å²) >= 11 is 0. The minimum Gasteiger partial charge on any atom is -0.351 e. The third kappa shape index (κ3) is 5.23. The molecule has 0 aliphatic carbocycles. The van der Waals surface area contributed by atoms with Crippen LogP contribution in [0.1, 0.15) is 92.4 Å². The topological polar surface area (TPSA) is 52.9 Å². The maximum atomic E-state index is 12.3. The van der Waals surface area contributed by atoms with Crippen molar-refractivity contribution in [1.29, 1.82) is 5.26 Å². The molecule has 28 heavy (non-hydrogen) atoms. The third-order valence-corrected chi connectivity index (χ3v) is 5.18. The Morgan fingerprint density at radius 3 is 2.36 bits per heavy atom. The summed E-state index contributed by atoms with van der Waals surface area (Å²) in [5, 5.41) is 11.4. The van der Waals surface area contributed by atoms with E-state index in [2.05, 4.69) is 71.1 Å². The van der Waals surface area contributed by atoms with Gasteiger partial charge in [-0.05, 0) is 45.7 Å². The highest BCUT2D eigenvalue weighted by molar-refractivity contribution is 5.94. The van der Waals surface area contributed by atoms with Crippen LogP contribution in [0.3, 0.4) is 0 Å². The van der Waals surface area contributed by atoms with Crippen LogP contribution in [0.4, 0.5) is 0 Å². The van der Waals surface area contributed by atoms with E-state index in [0.717, 1.165) is 5.56 Å². The first-order valence-electron chi connectivity index (χ1n) is 10.0. The Morgan fingerprint density at radius 1 is 1.07 bits per heavy atom. The van der Waals surface area contributed by atoms with Gasteiger partial charge in [-0.1, -0.05) is 71.9 Å². The average molecular weight is 377 g/mol. The van der Waals surface area contributed by atoms with Crippen LogP contribution in [-0.4, -0.2) is 12.5 Å². The molecule has 1 unspecified atom stereocenters. The van der Waals surface area contributed by atoms with Crippen molar-refractivity contribution in [2.75, 3.05) is 6.54 Å². The fourth-order valence-electron chi connectivity index (χ4n) is 3.47. The highest BCUT2D eigenvalue weighted by atomic mass is 16.1. The number of carbonyl (C=O) groups is 1. The fraction of sp³-hybridized carbons (Fsp3) is 0.440. The Bertz CT molecular complexity index is 869. The zero-order chi connectivity index (χ0) is 20.9. The number of nitrogens with zero attached hydrogens (tertiary/aromatic N) is 1. The SMILES string of the molecule is CC(C)c1ccc(C(C)c2cccc(C(=O)NCCC#N)c2)cc1C(C)(C)C. The summed E-state index contributed by atoms with van der Waals surface area (Å²) in [6, 6.07) is 16.6. The molecule has 0 saturated heterocycles. The lowest BCUT2D eigenvalue weighted by atomic mass is 9.78. The molecule has 0 heterocycles. The minimum absolute atomic E-state index is 0.0812. The van der Waals surface area contributed by atoms with Crippen LogP contribution in [0.15, 0.2) is 42.5 Å². The van der Waals surface area contributed by atoms with E-state index in [1.54, 1.807) is 0 Å². The van der Waals surface area contributed by atoms with Gasteiger partial charge in [-0.2, -0.15) is 5.26 Å². The van der Waals surface area contributed by atoms with Gasteiger partial charge < -0.3 is 5.32 Å². The molecule has 2 aromatic rings. The summed E-state index contributed by atoms with van der Waals surface area (Å²) in [5.74, 6) is 0.544. The maximum Gasteiger partial charge on any atom is 0.251 e. The van der Waals surface area contributed by atoms with Crippen LogP contribution in [-0.2, 0) is 5.41 Å². The molecular formula is C25H32N2O. The van der Waals surface area contributed by atoms with E-state index in [1.807, 2.05) is 24.3 Å². The average Bonchev–Trinajstić information content (AvgIpc) is 2.66. The monoisotopic (exact) mass is 376 g/mol. The summed E-state index contributed by atoms with van der Waals surface area (Å²) in [5.41, 5.74) is 5.88. The second-order valence-corrected chi connectivity index (χ2v) is 8.76. The largest absolute Gasteiger partial charge is 0.351 e. The summed E-state index contributed by atoms with van der Waals surface area (Å²) in [7, 11) is 0. The van der Waals surface area contributed by atoms with Crippen molar-refractivity contribution in [3.63, 3.8) is 0 Å². The van der Waals surface area contributed by atoms with Crippen LogP contribution in [0.25, 0.3) is 0 Å². The first kappa shape index (κ1) is 21.7. The highest BCUT2D eigenvalue weighted by Crippen LogP contribution is 2.34. The predicted octanol–water partition coefficient (Wildman–Crippen LogP) is 5.90. The molecule has 148 valence electrons. The van der Waals surface area contributed by atoms with E-state index >= 15 is 0 Å². The van der Waals surface area contributed by atoms with Crippen LogP contribution in [0.2, 0.25) is 0 Å². The van der Waals surface area contributed by atoms with Gasteiger partial charge in [-0.25, -0.2) is 0 Å². The van der Waals surface area contributed by atoms with E-state index in [0.29, 0.717) is 24.4 Å². The summed E-state index contributed by atoms with van der Waals surface area (Å²) in [6.45, 7) is 13.8. The first-order valence-corrected chi connectivity index (χ1v) is 10.0. The molecule has 1 atom stereocenters. The molecule has 1 amide bonds. The molecule has 0 aliphatic heterocycles. The molecule has 0 fully saturated rings. The van der Waals surface area contributed by atoms with E-state index in [4.69, 9.17) is 5.26 Å². The van der Waals surface area contributed by atoms with Gasteiger partial charge in [0.25, 0.3) is 5.91 Å². The molecule has 0 radical (unpaired) electrons. The Labute approximate surface area is 169 Å². The zero-order valence-corrected chi connectivity index (χ0v) is 18.0. The van der Waals surface area contributed by atoms with Gasteiger partial charge in [0.1, 0.15) is 0 Å². The molecular weight excluding hydrogens is 344 g/mol. The molecule has 0 bridgehead atoms. The Hall–Kier alpha value is -2.60. The van der Waals surface area contributed by atoms with Crippen LogP contribution >= 0.6 is 0 Å². The minimum atomic E-state index is -0.130. The van der Waals surface area contributed by atoms with Gasteiger partial charge in [0.05, 0.1) is 12.5 Å². The second kappa shape index (κ2) is 9.06. The van der Waals surface area contributed by atoms with Gasteiger partial charge >= 0.3 is 0 Å². The van der Waals surface area contributed by atoms with E-state index < -0.39 is 0 Å². The molecule has 0 aliphatic rings. The van der Waals surface area contributed by atoms with Gasteiger partial charge in [0.15, 0.2) is 0 Å². The quantitative estimate of drug-likeness (QED) is 0.638. The number of carbonyl (C=O) groups excluding carboxylic acids is 1. The Morgan fingerprint density at radius 2 is 1.75 bits per heavy atom. The lowest BCUT2D eigenvalue weighted by molar-refractivity contribution is 0.0954. The number of hydrogen-bond donors (Lipinski definition) is 1. The summed E-state index contributed by atoms with van der Waals surface area (Å²) in [6.07, 6.45) is 0.319. The van der Waals surface area contributed by atoms with E-state index in [1.165, 1.54) is 16.7 Å². The summed E-state index contributed by atoms with van der Waals surface area (Å²) < 4.78 is 0. The van der Waals surface area contributed by atoms with Crippen molar-refractivity contribution in [2.24, 2.45) is 0 Å². The number of benzene rings is 2. The molecule has 2 rings (SSSR count). The predicted molar refractivity (Wildman–Crippen MR) is 116 cm³/mol. The van der Waals surface area contributed by atoms with Crippen molar-refractivity contribution in [2.45, 2.75) is 65.2 Å². The van der Waals surface area contributed by atoms with Gasteiger partial charge in [-0.3, -0.25) is 4.79 Å². The van der Waals surface area contributed by atoms with Crippen molar-refractivity contribution in [1.82, 2.24) is 5.32 Å². The summed E-state index contributed by atoms with van der Waals surface area (Å²) in [4.78, 5) is 12.3. The highest BCUT2D eigenvalue weighted by Gasteiger charge is 2.21. The molecule has 3 nitrogen and oxygen atoms in total. The molecule has 0 spiro atoms. The molecule has 0 saturated carbocycles. The number of rotatable bonds is 6. The lowest BCUT2D eigenvalue weighted by Gasteiger charge is -2.27. The second-order valence-electron chi connectivity index (χ2n) is 8.76. The lowest BCUT2D eigenvalue weighted by Crippen LogP contribution is -2.24. The van der Waals surface area contributed by atoms with Gasteiger partial charge in [0, 0.05) is 18.0 Å². The van der Waals surface area contributed by atoms with Crippen LogP contribution in [0.5, 0.6) is 0 Å². The standard InChI is InChI=1S/C25H32N2O/c1-17(2)22-12-11-20(16-23(22)25(4,5)6)18(3)19-9-7-10-21(15-19)24(28)27-14-8-13-26/h7,9-12,15-18H,8,14H2,1-6H3,(H,27,28). The van der Waals surface area contributed by atoms with E-state index in [-0.39, 0.29) is 17.2 Å². The Balaban J connectivity index is 2.34. The third-order valence-electron chi connectivity index (χ3n) is 5.18. The normalized spacial score (nSPS) is 12.5. The van der Waals surface area contributed by atoms with Crippen molar-refractivity contribution < 1.29 is 4.79 Å². The fourth-order valence-corrected chi connectivity index (χ4v) is 3.47. The van der Waals surface area contributed by atoms with Crippen molar-refractivity contribution in [3.8, 4) is 6.07 Å². The molecule has 0 aromatic heterocycles. The maximum absolute atomic E-state index is 12.3. The van der Waals surface area contributed by atoms with Crippen molar-refractivity contribution in [3.05, 3.63) is 70.3 Å². The van der Waals surface area contributed by atoms with Gasteiger partial charge in [0.2, 0.25) is 0 Å². The number of amides is 1. The Kier molecular flexibility index (Phi) is 7.02. The molecule has 2 aromatic carbocycles. The van der Waals surface area contributed by atoms with Crippen LogP contribution in [0, 0.1) is 11.3 Å². The number of nitrogens with one attached hydrogen (secondary N) is 1. The zero-order valence-electron chi connectivity index (χ0n) is 18.0. The molecule has 1 N–H and O–H groups in total. The first-order chi connectivity index (χ1) is 13.1. The number of hydrogen-bond acceptors (Lipinski definition) is 2. The van der Waals surface area contributed by atoms with Crippen molar-refractivity contribution >= 4 is 5.91 Å².